The lowest BCUT2D eigenvalue weighted by Crippen LogP contribution is -2.39. The number of nitrogens with zero attached hydrogens (tertiary/aromatic N) is 1. The minimum atomic E-state index is -0.413. The van der Waals surface area contributed by atoms with Crippen LogP contribution in [0.3, 0.4) is 0 Å². The molecule has 0 spiro atoms. The Morgan fingerprint density at radius 3 is 2.70 bits per heavy atom. The third-order valence-corrected chi connectivity index (χ3v) is 4.29. The Morgan fingerprint density at radius 1 is 1.40 bits per heavy atom. The number of amides is 1. The van der Waals surface area contributed by atoms with E-state index in [9.17, 15) is 9.18 Å². The molecule has 1 saturated heterocycles. The minimum absolute atomic E-state index is 0.0348. The maximum Gasteiger partial charge on any atom is 0.227 e. The van der Waals surface area contributed by atoms with Gasteiger partial charge in [-0.2, -0.15) is 0 Å². The van der Waals surface area contributed by atoms with Gasteiger partial charge >= 0.3 is 0 Å². The smallest absolute Gasteiger partial charge is 0.227 e. The van der Waals surface area contributed by atoms with Crippen molar-refractivity contribution in [2.75, 3.05) is 19.6 Å². The summed E-state index contributed by atoms with van der Waals surface area (Å²) in [7, 11) is 0. The zero-order valence-corrected chi connectivity index (χ0v) is 12.2. The molecule has 0 aliphatic carbocycles. The maximum absolute atomic E-state index is 13.7. The monoisotopic (exact) mass is 298 g/mol. The summed E-state index contributed by atoms with van der Waals surface area (Å²) in [5.41, 5.74) is 5.85. The molecule has 2 N–H and O–H groups in total. The van der Waals surface area contributed by atoms with Gasteiger partial charge in [0.25, 0.3) is 0 Å². The first-order valence-corrected chi connectivity index (χ1v) is 7.40. The number of hydrogen-bond donors (Lipinski definition) is 1. The van der Waals surface area contributed by atoms with Crippen molar-refractivity contribution in [3.8, 4) is 0 Å². The molecule has 0 saturated carbocycles. The van der Waals surface area contributed by atoms with Crippen LogP contribution < -0.4 is 5.73 Å². The van der Waals surface area contributed by atoms with Gasteiger partial charge in [0.2, 0.25) is 5.91 Å². The molecular formula is C15H20ClFN2O. The summed E-state index contributed by atoms with van der Waals surface area (Å²) < 4.78 is 13.7. The van der Waals surface area contributed by atoms with Crippen LogP contribution in [-0.2, 0) is 11.2 Å². The molecule has 1 aliphatic heterocycles. The molecule has 0 aromatic heterocycles. The number of halogens is 2. The zero-order valence-electron chi connectivity index (χ0n) is 11.4. The van der Waals surface area contributed by atoms with E-state index in [1.807, 2.05) is 0 Å². The van der Waals surface area contributed by atoms with Crippen LogP contribution in [0.5, 0.6) is 0 Å². The van der Waals surface area contributed by atoms with Crippen molar-refractivity contribution < 1.29 is 9.18 Å². The van der Waals surface area contributed by atoms with Crippen LogP contribution in [0.15, 0.2) is 18.2 Å². The van der Waals surface area contributed by atoms with Gasteiger partial charge in [-0.05, 0) is 43.9 Å². The highest BCUT2D eigenvalue weighted by Crippen LogP contribution is 2.23. The average molecular weight is 299 g/mol. The van der Waals surface area contributed by atoms with Crippen LogP contribution in [0.1, 0.15) is 24.8 Å². The number of carbonyl (C=O) groups is 1. The third kappa shape index (κ3) is 3.70. The molecule has 5 heteroatoms. The summed E-state index contributed by atoms with van der Waals surface area (Å²) in [6, 6.07) is 4.49. The maximum atomic E-state index is 13.7. The van der Waals surface area contributed by atoms with Crippen LogP contribution in [0.2, 0.25) is 5.02 Å². The largest absolute Gasteiger partial charge is 0.342 e. The lowest BCUT2D eigenvalue weighted by molar-refractivity contribution is -0.131. The predicted octanol–water partition coefficient (Wildman–Crippen LogP) is 2.61. The second kappa shape index (κ2) is 7.04. The third-order valence-electron chi connectivity index (χ3n) is 3.93. The Morgan fingerprint density at radius 2 is 2.10 bits per heavy atom. The highest BCUT2D eigenvalue weighted by atomic mass is 35.5. The Labute approximate surface area is 123 Å². The van der Waals surface area contributed by atoms with Gasteiger partial charge in [-0.1, -0.05) is 17.7 Å². The molecule has 0 unspecified atom stereocenters. The van der Waals surface area contributed by atoms with E-state index in [4.69, 9.17) is 17.3 Å². The van der Waals surface area contributed by atoms with E-state index in [-0.39, 0.29) is 12.3 Å². The number of benzene rings is 1. The lowest BCUT2D eigenvalue weighted by Gasteiger charge is -2.32. The fourth-order valence-electron chi connectivity index (χ4n) is 2.67. The normalized spacial score (nSPS) is 16.4. The SMILES string of the molecule is NCCC1CCN(C(=O)Cc2c(F)cccc2Cl)CC1. The van der Waals surface area contributed by atoms with Crippen LogP contribution in [-0.4, -0.2) is 30.4 Å². The van der Waals surface area contributed by atoms with Gasteiger partial charge in [-0.3, -0.25) is 4.79 Å². The summed E-state index contributed by atoms with van der Waals surface area (Å²) in [6.45, 7) is 2.16. The number of carbonyl (C=O) groups excluding carboxylic acids is 1. The van der Waals surface area contributed by atoms with Crippen LogP contribution in [0.4, 0.5) is 4.39 Å². The molecule has 110 valence electrons. The molecule has 1 aliphatic rings. The van der Waals surface area contributed by atoms with E-state index in [1.165, 1.54) is 6.07 Å². The predicted molar refractivity (Wildman–Crippen MR) is 78.1 cm³/mol. The topological polar surface area (TPSA) is 46.3 Å². The minimum Gasteiger partial charge on any atom is -0.342 e. The summed E-state index contributed by atoms with van der Waals surface area (Å²) >= 11 is 5.95. The lowest BCUT2D eigenvalue weighted by atomic mass is 9.93. The molecule has 20 heavy (non-hydrogen) atoms. The Balaban J connectivity index is 1.93. The summed E-state index contributed by atoms with van der Waals surface area (Å²) in [6.07, 6.45) is 3.01. The zero-order chi connectivity index (χ0) is 14.5. The van der Waals surface area contributed by atoms with Crippen molar-refractivity contribution in [1.29, 1.82) is 0 Å². The van der Waals surface area contributed by atoms with Gasteiger partial charge in [-0.25, -0.2) is 4.39 Å². The van der Waals surface area contributed by atoms with E-state index < -0.39 is 5.82 Å². The molecule has 0 bridgehead atoms. The van der Waals surface area contributed by atoms with Crippen molar-refractivity contribution in [2.24, 2.45) is 11.7 Å². The fourth-order valence-corrected chi connectivity index (χ4v) is 2.90. The van der Waals surface area contributed by atoms with Crippen LogP contribution in [0.25, 0.3) is 0 Å². The van der Waals surface area contributed by atoms with Crippen molar-refractivity contribution in [2.45, 2.75) is 25.7 Å². The summed E-state index contributed by atoms with van der Waals surface area (Å²) in [5, 5.41) is 0.316. The van der Waals surface area contributed by atoms with E-state index >= 15 is 0 Å². The van der Waals surface area contributed by atoms with Gasteiger partial charge < -0.3 is 10.6 Å². The fraction of sp³-hybridized carbons (Fsp3) is 0.533. The van der Waals surface area contributed by atoms with Crippen molar-refractivity contribution >= 4 is 17.5 Å². The van der Waals surface area contributed by atoms with Gasteiger partial charge in [0, 0.05) is 23.7 Å². The molecule has 3 nitrogen and oxygen atoms in total. The second-order valence-corrected chi connectivity index (χ2v) is 5.69. The summed E-state index contributed by atoms with van der Waals surface area (Å²) in [4.78, 5) is 14.0. The van der Waals surface area contributed by atoms with E-state index in [2.05, 4.69) is 0 Å². The van der Waals surface area contributed by atoms with Gasteiger partial charge in [-0.15, -0.1) is 0 Å². The highest BCUT2D eigenvalue weighted by Gasteiger charge is 2.23. The average Bonchev–Trinajstić information content (AvgIpc) is 2.44. The number of nitrogens with two attached hydrogens (primary N) is 1. The molecule has 2 rings (SSSR count). The van der Waals surface area contributed by atoms with Crippen molar-refractivity contribution in [3.63, 3.8) is 0 Å². The summed E-state index contributed by atoms with van der Waals surface area (Å²) in [5.74, 6) is 0.146. The molecular weight excluding hydrogens is 279 g/mol. The Bertz CT molecular complexity index is 453. The van der Waals surface area contributed by atoms with Crippen molar-refractivity contribution in [1.82, 2.24) is 4.90 Å². The highest BCUT2D eigenvalue weighted by molar-refractivity contribution is 6.31. The van der Waals surface area contributed by atoms with E-state index in [1.54, 1.807) is 17.0 Å². The second-order valence-electron chi connectivity index (χ2n) is 5.28. The first kappa shape index (κ1) is 15.3. The number of piperidine rings is 1. The first-order chi connectivity index (χ1) is 9.61. The molecule has 1 fully saturated rings. The van der Waals surface area contributed by atoms with Gasteiger partial charge in [0.1, 0.15) is 5.82 Å². The van der Waals surface area contributed by atoms with Crippen LogP contribution in [0, 0.1) is 11.7 Å². The Hall–Kier alpha value is -1.13. The van der Waals surface area contributed by atoms with E-state index in [0.29, 0.717) is 23.0 Å². The number of likely N-dealkylation sites (tertiary alicyclic amines) is 1. The van der Waals surface area contributed by atoms with E-state index in [0.717, 1.165) is 32.4 Å². The molecule has 1 aromatic rings. The molecule has 1 amide bonds. The molecule has 1 aromatic carbocycles. The number of rotatable bonds is 4. The first-order valence-electron chi connectivity index (χ1n) is 7.02. The molecule has 1 heterocycles. The molecule has 0 atom stereocenters. The van der Waals surface area contributed by atoms with Crippen LogP contribution >= 0.6 is 11.6 Å². The van der Waals surface area contributed by atoms with Crippen molar-refractivity contribution in [3.05, 3.63) is 34.6 Å². The molecule has 0 radical (unpaired) electrons. The number of hydrogen-bond acceptors (Lipinski definition) is 2. The van der Waals surface area contributed by atoms with Gasteiger partial charge in [0.15, 0.2) is 0 Å². The van der Waals surface area contributed by atoms with Gasteiger partial charge in [0.05, 0.1) is 6.42 Å². The Kier molecular flexibility index (Phi) is 5.38. The quantitative estimate of drug-likeness (QED) is 0.929. The standard InChI is InChI=1S/C15H20ClFN2O/c16-13-2-1-3-14(17)12(13)10-15(20)19-8-5-11(4-7-18)6-9-19/h1-3,11H,4-10,18H2.